The lowest BCUT2D eigenvalue weighted by Gasteiger charge is -2.07. The third-order valence-corrected chi connectivity index (χ3v) is 2.60. The van der Waals surface area contributed by atoms with Crippen LogP contribution in [0.1, 0.15) is 0 Å². The summed E-state index contributed by atoms with van der Waals surface area (Å²) in [6, 6.07) is 2.55. The van der Waals surface area contributed by atoms with Crippen LogP contribution in [-0.4, -0.2) is 37.7 Å². The van der Waals surface area contributed by atoms with Gasteiger partial charge in [0.05, 0.1) is 11.2 Å². The van der Waals surface area contributed by atoms with Crippen LogP contribution < -0.4 is 15.8 Å². The van der Waals surface area contributed by atoms with Gasteiger partial charge >= 0.3 is 5.69 Å². The number of nitrogen functional groups attached to an aromatic ring is 1. The van der Waals surface area contributed by atoms with E-state index in [9.17, 15) is 18.5 Å². The number of nitrogens with two attached hydrogens (primary N) is 1. The third kappa shape index (κ3) is 4.51. The molecule has 1 aromatic rings. The Morgan fingerprint density at radius 2 is 2.11 bits per heavy atom. The highest BCUT2D eigenvalue weighted by Gasteiger charge is 2.14. The molecule has 0 unspecified atom stereocenters. The van der Waals surface area contributed by atoms with Crippen LogP contribution in [-0.2, 0) is 10.0 Å². The third-order valence-electron chi connectivity index (χ3n) is 1.87. The van der Waals surface area contributed by atoms with E-state index in [2.05, 4.69) is 15.0 Å². The zero-order valence-corrected chi connectivity index (χ0v) is 10.4. The maximum Gasteiger partial charge on any atom is 0.311 e. The predicted octanol–water partition coefficient (Wildman–Crippen LogP) is -0.467. The standard InChI is InChI=1S/C8H13N5O4S/c1-18(16,17)11-5-4-10-8-6(13(14)15)2-3-7(9)12-8/h2-3,11H,4-5H2,1H3,(H3,9,10,12). The number of sulfonamides is 1. The van der Waals surface area contributed by atoms with Crippen LogP contribution >= 0.6 is 0 Å². The van der Waals surface area contributed by atoms with Gasteiger partial charge in [0.25, 0.3) is 0 Å². The van der Waals surface area contributed by atoms with Gasteiger partial charge in [-0.15, -0.1) is 0 Å². The molecule has 0 fully saturated rings. The highest BCUT2D eigenvalue weighted by molar-refractivity contribution is 7.88. The summed E-state index contributed by atoms with van der Waals surface area (Å²) < 4.78 is 23.8. The minimum absolute atomic E-state index is 0.00954. The fraction of sp³-hybridized carbons (Fsp3) is 0.375. The molecule has 9 nitrogen and oxygen atoms in total. The predicted molar refractivity (Wildman–Crippen MR) is 66.6 cm³/mol. The van der Waals surface area contributed by atoms with Gasteiger partial charge in [-0.25, -0.2) is 18.1 Å². The largest absolute Gasteiger partial charge is 0.384 e. The van der Waals surface area contributed by atoms with Crippen molar-refractivity contribution in [1.82, 2.24) is 9.71 Å². The van der Waals surface area contributed by atoms with Gasteiger partial charge in [-0.2, -0.15) is 0 Å². The van der Waals surface area contributed by atoms with Crippen molar-refractivity contribution in [2.45, 2.75) is 0 Å². The van der Waals surface area contributed by atoms with E-state index in [1.807, 2.05) is 0 Å². The molecule has 0 atom stereocenters. The summed E-state index contributed by atoms with van der Waals surface area (Å²) in [5.74, 6) is 0.148. The summed E-state index contributed by atoms with van der Waals surface area (Å²) in [4.78, 5) is 13.9. The summed E-state index contributed by atoms with van der Waals surface area (Å²) in [5.41, 5.74) is 5.20. The number of nitrogens with zero attached hydrogens (tertiary/aromatic N) is 2. The number of hydrogen-bond donors (Lipinski definition) is 3. The zero-order chi connectivity index (χ0) is 13.8. The Labute approximate surface area is 104 Å². The summed E-state index contributed by atoms with van der Waals surface area (Å²) in [6.45, 7) is 0.247. The van der Waals surface area contributed by atoms with Gasteiger partial charge in [0.1, 0.15) is 5.82 Å². The summed E-state index contributed by atoms with van der Waals surface area (Å²) in [5, 5.41) is 13.3. The lowest BCUT2D eigenvalue weighted by Crippen LogP contribution is -2.28. The van der Waals surface area contributed by atoms with Crippen molar-refractivity contribution in [3.05, 3.63) is 22.2 Å². The van der Waals surface area contributed by atoms with Gasteiger partial charge in [0, 0.05) is 19.2 Å². The normalized spacial score (nSPS) is 11.2. The first-order chi connectivity index (χ1) is 8.29. The van der Waals surface area contributed by atoms with Crippen molar-refractivity contribution >= 4 is 27.3 Å². The fourth-order valence-corrected chi connectivity index (χ4v) is 1.63. The molecule has 1 heterocycles. The SMILES string of the molecule is CS(=O)(=O)NCCNc1nc(N)ccc1[N+](=O)[O-]. The molecule has 0 amide bonds. The van der Waals surface area contributed by atoms with E-state index >= 15 is 0 Å². The second kappa shape index (κ2) is 5.60. The minimum atomic E-state index is -3.28. The van der Waals surface area contributed by atoms with Crippen LogP contribution in [0.3, 0.4) is 0 Å². The first-order valence-corrected chi connectivity index (χ1v) is 6.78. The van der Waals surface area contributed by atoms with E-state index < -0.39 is 14.9 Å². The molecule has 18 heavy (non-hydrogen) atoms. The molecule has 0 spiro atoms. The lowest BCUT2D eigenvalue weighted by molar-refractivity contribution is -0.384. The zero-order valence-electron chi connectivity index (χ0n) is 9.58. The number of nitrogens with one attached hydrogen (secondary N) is 2. The summed E-state index contributed by atoms with van der Waals surface area (Å²) in [7, 11) is -3.28. The molecule has 0 aromatic carbocycles. The molecule has 0 aliphatic rings. The Morgan fingerprint density at radius 3 is 2.67 bits per heavy atom. The summed E-state index contributed by atoms with van der Waals surface area (Å²) in [6.07, 6.45) is 1.02. The average Bonchev–Trinajstić information content (AvgIpc) is 2.22. The van der Waals surface area contributed by atoms with Crippen LogP contribution in [0.15, 0.2) is 12.1 Å². The van der Waals surface area contributed by atoms with Crippen LogP contribution in [0.25, 0.3) is 0 Å². The van der Waals surface area contributed by atoms with Crippen LogP contribution in [0, 0.1) is 10.1 Å². The topological polar surface area (TPSA) is 140 Å². The molecule has 0 saturated heterocycles. The molecule has 0 aliphatic heterocycles. The molecule has 100 valence electrons. The number of hydrogen-bond acceptors (Lipinski definition) is 7. The first-order valence-electron chi connectivity index (χ1n) is 4.89. The summed E-state index contributed by atoms with van der Waals surface area (Å²) >= 11 is 0. The lowest BCUT2D eigenvalue weighted by atomic mass is 10.3. The van der Waals surface area contributed by atoms with E-state index in [1.54, 1.807) is 0 Å². The Morgan fingerprint density at radius 1 is 1.44 bits per heavy atom. The number of rotatable bonds is 6. The Balaban J connectivity index is 2.66. The Bertz CT molecular complexity index is 544. The molecule has 0 radical (unpaired) electrons. The van der Waals surface area contributed by atoms with Crippen molar-refractivity contribution in [3.63, 3.8) is 0 Å². The van der Waals surface area contributed by atoms with Gasteiger partial charge in [-0.3, -0.25) is 10.1 Å². The van der Waals surface area contributed by atoms with Gasteiger partial charge in [0.2, 0.25) is 15.8 Å². The quantitative estimate of drug-likeness (QED) is 0.362. The van der Waals surface area contributed by atoms with Crippen molar-refractivity contribution in [2.75, 3.05) is 30.4 Å². The van der Waals surface area contributed by atoms with E-state index in [0.29, 0.717) is 0 Å². The molecule has 0 bridgehead atoms. The van der Waals surface area contributed by atoms with E-state index in [1.165, 1.54) is 12.1 Å². The number of pyridine rings is 1. The number of anilines is 2. The van der Waals surface area contributed by atoms with Crippen molar-refractivity contribution < 1.29 is 13.3 Å². The highest BCUT2D eigenvalue weighted by Crippen LogP contribution is 2.22. The molecule has 0 saturated carbocycles. The highest BCUT2D eigenvalue weighted by atomic mass is 32.2. The molecule has 0 aliphatic carbocycles. The second-order valence-corrected chi connectivity index (χ2v) is 5.29. The van der Waals surface area contributed by atoms with Crippen LogP contribution in [0.2, 0.25) is 0 Å². The number of aromatic nitrogens is 1. The molecule has 1 rings (SSSR count). The Hall–Kier alpha value is -1.94. The Kier molecular flexibility index (Phi) is 4.39. The van der Waals surface area contributed by atoms with Crippen molar-refractivity contribution in [3.8, 4) is 0 Å². The van der Waals surface area contributed by atoms with Crippen molar-refractivity contribution in [1.29, 1.82) is 0 Å². The van der Waals surface area contributed by atoms with E-state index in [-0.39, 0.29) is 30.4 Å². The molecular weight excluding hydrogens is 262 g/mol. The van der Waals surface area contributed by atoms with E-state index in [0.717, 1.165) is 6.26 Å². The molecule has 10 heteroatoms. The number of nitro groups is 1. The smallest absolute Gasteiger partial charge is 0.311 e. The maximum atomic E-state index is 10.8. The second-order valence-electron chi connectivity index (χ2n) is 3.45. The minimum Gasteiger partial charge on any atom is -0.384 e. The van der Waals surface area contributed by atoms with Crippen LogP contribution in [0.5, 0.6) is 0 Å². The van der Waals surface area contributed by atoms with Crippen LogP contribution in [0.4, 0.5) is 17.3 Å². The molecule has 1 aromatic heterocycles. The first kappa shape index (κ1) is 14.1. The maximum absolute atomic E-state index is 10.8. The molecular formula is C8H13N5O4S. The monoisotopic (exact) mass is 275 g/mol. The van der Waals surface area contributed by atoms with Gasteiger partial charge < -0.3 is 11.1 Å². The fourth-order valence-electron chi connectivity index (χ4n) is 1.16. The molecule has 4 N–H and O–H groups in total. The van der Waals surface area contributed by atoms with Crippen molar-refractivity contribution in [2.24, 2.45) is 0 Å². The average molecular weight is 275 g/mol. The van der Waals surface area contributed by atoms with Gasteiger partial charge in [-0.1, -0.05) is 0 Å². The van der Waals surface area contributed by atoms with Gasteiger partial charge in [-0.05, 0) is 6.07 Å². The van der Waals surface area contributed by atoms with Gasteiger partial charge in [0.15, 0.2) is 0 Å². The van der Waals surface area contributed by atoms with E-state index in [4.69, 9.17) is 5.73 Å².